The van der Waals surface area contributed by atoms with Crippen molar-refractivity contribution in [1.29, 1.82) is 0 Å². The molecular weight excluding hydrogens is 541 g/mol. The molecule has 0 bridgehead atoms. The summed E-state index contributed by atoms with van der Waals surface area (Å²) in [6, 6.07) is 29.5. The summed E-state index contributed by atoms with van der Waals surface area (Å²) in [4.78, 5) is 18.0. The van der Waals surface area contributed by atoms with Crippen molar-refractivity contribution >= 4 is 57.8 Å². The van der Waals surface area contributed by atoms with E-state index in [4.69, 9.17) is 44.5 Å². The molecule has 0 radical (unpaired) electrons. The van der Waals surface area contributed by atoms with Crippen molar-refractivity contribution in [3.05, 3.63) is 129 Å². The largest absolute Gasteiger partial charge is 0.487 e. The molecule has 0 unspecified atom stereocenters. The minimum atomic E-state index is -0.385. The van der Waals surface area contributed by atoms with Crippen molar-refractivity contribution in [2.75, 3.05) is 0 Å². The van der Waals surface area contributed by atoms with Gasteiger partial charge in [-0.15, -0.1) is 0 Å². The van der Waals surface area contributed by atoms with E-state index in [2.05, 4.69) is 10.5 Å². The molecule has 0 saturated heterocycles. The van der Waals surface area contributed by atoms with Crippen LogP contribution in [0.5, 0.6) is 5.75 Å². The molecule has 0 saturated carbocycles. The molecule has 0 atom stereocenters. The average molecular weight is 561 g/mol. The zero-order valence-electron chi connectivity index (χ0n) is 19.9. The summed E-state index contributed by atoms with van der Waals surface area (Å²) in [5, 5.41) is 6.19. The van der Waals surface area contributed by atoms with E-state index >= 15 is 0 Å². The number of nitrogens with zero attached hydrogens (tertiary/aromatic N) is 2. The molecule has 1 aromatic heterocycles. The van der Waals surface area contributed by atoms with Crippen LogP contribution >= 0.6 is 34.8 Å². The summed E-state index contributed by atoms with van der Waals surface area (Å²) in [5.74, 6) is -0.0154. The van der Waals surface area contributed by atoms with Gasteiger partial charge in [-0.1, -0.05) is 102 Å². The van der Waals surface area contributed by atoms with E-state index in [9.17, 15) is 4.79 Å². The van der Waals surface area contributed by atoms with E-state index in [1.807, 2.05) is 72.8 Å². The lowest BCUT2D eigenvalue weighted by Gasteiger charge is -2.12. The monoisotopic (exact) mass is 559 g/mol. The van der Waals surface area contributed by atoms with E-state index in [0.717, 1.165) is 16.5 Å². The minimum Gasteiger partial charge on any atom is -0.487 e. The normalized spacial score (nSPS) is 11.1. The van der Waals surface area contributed by atoms with Crippen LogP contribution in [0.2, 0.25) is 15.1 Å². The van der Waals surface area contributed by atoms with Crippen molar-refractivity contribution in [3.63, 3.8) is 0 Å². The zero-order chi connectivity index (χ0) is 26.5. The lowest BCUT2D eigenvalue weighted by molar-refractivity contribution is 0.0956. The summed E-state index contributed by atoms with van der Waals surface area (Å²) < 4.78 is 5.97. The first kappa shape index (κ1) is 25.7. The molecule has 1 N–H and O–H groups in total. The highest BCUT2D eigenvalue weighted by Crippen LogP contribution is 2.33. The number of benzene rings is 4. The fourth-order valence-electron chi connectivity index (χ4n) is 3.93. The predicted molar refractivity (Wildman–Crippen MR) is 154 cm³/mol. The van der Waals surface area contributed by atoms with Gasteiger partial charge in [-0.2, -0.15) is 5.10 Å². The number of rotatable bonds is 7. The zero-order valence-corrected chi connectivity index (χ0v) is 22.1. The minimum absolute atomic E-state index is 0.194. The first-order valence-corrected chi connectivity index (χ1v) is 12.8. The van der Waals surface area contributed by atoms with Crippen LogP contribution in [0.4, 0.5) is 0 Å². The van der Waals surface area contributed by atoms with Crippen LogP contribution in [0.15, 0.2) is 102 Å². The number of fused-ring (bicyclic) bond motifs is 1. The average Bonchev–Trinajstić information content (AvgIpc) is 2.93. The lowest BCUT2D eigenvalue weighted by Crippen LogP contribution is -2.18. The molecule has 1 amide bonds. The number of halogens is 3. The second-order valence-corrected chi connectivity index (χ2v) is 9.57. The Labute approximate surface area is 234 Å². The molecule has 38 heavy (non-hydrogen) atoms. The van der Waals surface area contributed by atoms with Crippen LogP contribution < -0.4 is 10.2 Å². The van der Waals surface area contributed by atoms with Crippen molar-refractivity contribution in [2.24, 2.45) is 5.10 Å². The lowest BCUT2D eigenvalue weighted by atomic mass is 10.0. The first-order chi connectivity index (χ1) is 18.5. The van der Waals surface area contributed by atoms with Gasteiger partial charge in [0.2, 0.25) is 0 Å². The highest BCUT2D eigenvalue weighted by molar-refractivity contribution is 6.36. The van der Waals surface area contributed by atoms with E-state index in [1.54, 1.807) is 24.3 Å². The molecule has 0 aliphatic carbocycles. The van der Waals surface area contributed by atoms with Gasteiger partial charge in [0.15, 0.2) is 0 Å². The van der Waals surface area contributed by atoms with Gasteiger partial charge in [0, 0.05) is 32.1 Å². The Morgan fingerprint density at radius 2 is 1.61 bits per heavy atom. The Balaban J connectivity index is 1.41. The number of ether oxygens (including phenoxy) is 1. The second-order valence-electron chi connectivity index (χ2n) is 8.32. The quantitative estimate of drug-likeness (QED) is 0.161. The van der Waals surface area contributed by atoms with E-state index < -0.39 is 0 Å². The van der Waals surface area contributed by atoms with Crippen LogP contribution in [-0.4, -0.2) is 17.1 Å². The Kier molecular flexibility index (Phi) is 7.89. The molecule has 5 nitrogen and oxygen atoms in total. The molecule has 5 aromatic rings. The Bertz CT molecular complexity index is 1660. The molecule has 0 spiro atoms. The summed E-state index contributed by atoms with van der Waals surface area (Å²) in [5.41, 5.74) is 6.66. The number of para-hydroxylation sites is 1. The van der Waals surface area contributed by atoms with Gasteiger partial charge in [0.1, 0.15) is 12.4 Å². The fourth-order valence-corrected chi connectivity index (χ4v) is 4.69. The fraction of sp³-hybridized carbons (Fsp3) is 0.0333. The highest BCUT2D eigenvalue weighted by atomic mass is 35.5. The highest BCUT2D eigenvalue weighted by Gasteiger charge is 2.15. The number of carbonyl (C=O) groups excluding carboxylic acids is 1. The smallest absolute Gasteiger partial charge is 0.272 e. The summed E-state index contributed by atoms with van der Waals surface area (Å²) in [7, 11) is 0. The predicted octanol–water partition coefficient (Wildman–Crippen LogP) is 8.20. The number of pyridine rings is 1. The van der Waals surface area contributed by atoms with Gasteiger partial charge in [0.25, 0.3) is 5.91 Å². The maximum absolute atomic E-state index is 13.2. The molecule has 1 heterocycles. The van der Waals surface area contributed by atoms with Gasteiger partial charge >= 0.3 is 0 Å². The number of carbonyl (C=O) groups is 1. The number of amides is 1. The molecule has 4 aromatic carbocycles. The van der Waals surface area contributed by atoms with Crippen molar-refractivity contribution in [3.8, 4) is 17.0 Å². The van der Waals surface area contributed by atoms with Crippen molar-refractivity contribution < 1.29 is 9.53 Å². The Hall–Kier alpha value is -3.90. The summed E-state index contributed by atoms with van der Waals surface area (Å²) >= 11 is 18.9. The molecule has 0 fully saturated rings. The molecule has 8 heteroatoms. The van der Waals surface area contributed by atoms with E-state index in [0.29, 0.717) is 43.2 Å². The van der Waals surface area contributed by atoms with Crippen LogP contribution in [0, 0.1) is 0 Å². The number of nitrogens with one attached hydrogen (secondary N) is 1. The molecule has 0 aliphatic heterocycles. The Morgan fingerprint density at radius 1 is 0.868 bits per heavy atom. The van der Waals surface area contributed by atoms with Gasteiger partial charge in [0.05, 0.1) is 28.0 Å². The molecule has 0 aliphatic rings. The number of aromatic nitrogens is 1. The van der Waals surface area contributed by atoms with Crippen molar-refractivity contribution in [1.82, 2.24) is 10.4 Å². The van der Waals surface area contributed by atoms with Gasteiger partial charge in [-0.25, -0.2) is 10.4 Å². The Morgan fingerprint density at radius 3 is 2.42 bits per heavy atom. The molecule has 5 rings (SSSR count). The summed E-state index contributed by atoms with van der Waals surface area (Å²) in [6.45, 7) is 0.194. The van der Waals surface area contributed by atoms with Crippen LogP contribution in [-0.2, 0) is 6.61 Å². The van der Waals surface area contributed by atoms with Crippen molar-refractivity contribution in [2.45, 2.75) is 6.61 Å². The van der Waals surface area contributed by atoms with E-state index in [1.165, 1.54) is 6.21 Å². The van der Waals surface area contributed by atoms with Gasteiger partial charge in [-0.3, -0.25) is 4.79 Å². The standard InChI is InChI=1S/C30H20Cl3N3O2/c31-22-14-21(29(26(33)15-22)38-18-20-10-4-6-12-25(20)32)17-34-36-30(37)24-16-28(19-8-2-1-3-9-19)35-27-13-7-5-11-23(24)27/h1-17H,18H2,(H,36,37)/b34-17-. The number of hydrogen-bond acceptors (Lipinski definition) is 4. The molecular formula is C30H20Cl3N3O2. The SMILES string of the molecule is O=C(N/N=C\c1cc(Cl)cc(Cl)c1OCc1ccccc1Cl)c1cc(-c2ccccc2)nc2ccccc12. The topological polar surface area (TPSA) is 63.6 Å². The number of hydrazone groups is 1. The second kappa shape index (κ2) is 11.7. The van der Waals surface area contributed by atoms with Crippen LogP contribution in [0.25, 0.3) is 22.2 Å². The maximum atomic E-state index is 13.2. The maximum Gasteiger partial charge on any atom is 0.272 e. The molecule has 188 valence electrons. The van der Waals surface area contributed by atoms with Gasteiger partial charge < -0.3 is 4.74 Å². The van der Waals surface area contributed by atoms with Gasteiger partial charge in [-0.05, 0) is 30.3 Å². The van der Waals surface area contributed by atoms with Crippen LogP contribution in [0.3, 0.4) is 0 Å². The van der Waals surface area contributed by atoms with Crippen LogP contribution in [0.1, 0.15) is 21.5 Å². The third-order valence-corrected chi connectivity index (χ3v) is 6.63. The third-order valence-electron chi connectivity index (χ3n) is 5.77. The number of hydrogen-bond donors (Lipinski definition) is 1. The summed E-state index contributed by atoms with van der Waals surface area (Å²) in [6.07, 6.45) is 1.44. The first-order valence-electron chi connectivity index (χ1n) is 11.6. The third kappa shape index (κ3) is 5.81. The van der Waals surface area contributed by atoms with E-state index in [-0.39, 0.29) is 12.5 Å².